The fourth-order valence-corrected chi connectivity index (χ4v) is 2.23. The lowest BCUT2D eigenvalue weighted by atomic mass is 10.2. The average Bonchev–Trinajstić information content (AvgIpc) is 2.61. The van der Waals surface area contributed by atoms with Crippen LogP contribution in [-0.4, -0.2) is 36.6 Å². The van der Waals surface area contributed by atoms with Gasteiger partial charge in [0.2, 0.25) is 5.95 Å². The fourth-order valence-electron chi connectivity index (χ4n) is 2.23. The number of carbonyl (C=O) groups excluding carboxylic acids is 1. The van der Waals surface area contributed by atoms with E-state index in [2.05, 4.69) is 27.5 Å². The minimum absolute atomic E-state index is 0.205. The number of methoxy groups -OCH3 is 2. The number of anilines is 2. The van der Waals surface area contributed by atoms with Gasteiger partial charge in [0, 0.05) is 18.3 Å². The number of benzene rings is 1. The zero-order chi connectivity index (χ0) is 18.2. The zero-order valence-electron chi connectivity index (χ0n) is 15.0. The van der Waals surface area contributed by atoms with E-state index in [1.807, 2.05) is 13.0 Å². The number of amides is 1. The number of unbranched alkanes of at least 4 members (excludes halogenated alkanes) is 1. The van der Waals surface area contributed by atoms with E-state index in [1.54, 1.807) is 32.4 Å². The predicted octanol–water partition coefficient (Wildman–Crippen LogP) is 3.08. The van der Waals surface area contributed by atoms with Crippen molar-refractivity contribution < 1.29 is 14.3 Å². The minimum atomic E-state index is -0.205. The van der Waals surface area contributed by atoms with Gasteiger partial charge in [-0.15, -0.1) is 0 Å². The van der Waals surface area contributed by atoms with Crippen LogP contribution in [0.1, 0.15) is 35.9 Å². The molecule has 2 aromatic rings. The fraction of sp³-hybridized carbons (Fsp3) is 0.389. The van der Waals surface area contributed by atoms with Crippen molar-refractivity contribution in [3.05, 3.63) is 35.7 Å². The second-order valence-corrected chi connectivity index (χ2v) is 5.52. The Morgan fingerprint density at radius 1 is 1.16 bits per heavy atom. The van der Waals surface area contributed by atoms with Gasteiger partial charge in [0.05, 0.1) is 19.9 Å². The molecule has 0 atom stereocenters. The van der Waals surface area contributed by atoms with E-state index in [1.165, 1.54) is 0 Å². The lowest BCUT2D eigenvalue weighted by molar-refractivity contribution is 0.0948. The summed E-state index contributed by atoms with van der Waals surface area (Å²) in [5, 5.41) is 5.95. The number of aromatic nitrogens is 2. The smallest absolute Gasteiger partial charge is 0.270 e. The highest BCUT2D eigenvalue weighted by Gasteiger charge is 2.12. The van der Waals surface area contributed by atoms with E-state index in [-0.39, 0.29) is 5.91 Å². The van der Waals surface area contributed by atoms with Gasteiger partial charge in [-0.3, -0.25) is 4.79 Å². The maximum Gasteiger partial charge on any atom is 0.270 e. The van der Waals surface area contributed by atoms with Crippen molar-refractivity contribution in [3.8, 4) is 11.5 Å². The molecular formula is C18H24N4O3. The first kappa shape index (κ1) is 18.5. The summed E-state index contributed by atoms with van der Waals surface area (Å²) < 4.78 is 10.5. The van der Waals surface area contributed by atoms with Crippen molar-refractivity contribution >= 4 is 17.5 Å². The van der Waals surface area contributed by atoms with Crippen LogP contribution >= 0.6 is 0 Å². The Morgan fingerprint density at radius 3 is 2.64 bits per heavy atom. The standard InChI is InChI=1S/C18H24N4O3/c1-5-6-9-19-17(23)15-10-12(2)20-18(22-15)21-14-8-7-13(24-3)11-16(14)25-4/h7-8,10-11H,5-6,9H2,1-4H3,(H,19,23)(H,20,21,22). The Hall–Kier alpha value is -2.83. The van der Waals surface area contributed by atoms with Gasteiger partial charge in [-0.05, 0) is 31.5 Å². The highest BCUT2D eigenvalue weighted by molar-refractivity contribution is 5.92. The second kappa shape index (κ2) is 8.86. The lowest BCUT2D eigenvalue weighted by Crippen LogP contribution is -2.25. The molecule has 0 unspecified atom stereocenters. The van der Waals surface area contributed by atoms with E-state index >= 15 is 0 Å². The van der Waals surface area contributed by atoms with Gasteiger partial charge in [0.1, 0.15) is 17.2 Å². The molecule has 0 saturated heterocycles. The predicted molar refractivity (Wildman–Crippen MR) is 96.8 cm³/mol. The molecule has 7 heteroatoms. The van der Waals surface area contributed by atoms with Crippen LogP contribution in [0.2, 0.25) is 0 Å². The van der Waals surface area contributed by atoms with Gasteiger partial charge in [-0.2, -0.15) is 0 Å². The molecule has 0 aliphatic rings. The molecule has 2 N–H and O–H groups in total. The molecule has 1 heterocycles. The maximum absolute atomic E-state index is 12.2. The molecule has 0 aliphatic carbocycles. The van der Waals surface area contributed by atoms with Crippen LogP contribution < -0.4 is 20.1 Å². The van der Waals surface area contributed by atoms with Gasteiger partial charge in [0.15, 0.2) is 0 Å². The zero-order valence-corrected chi connectivity index (χ0v) is 15.0. The number of nitrogens with one attached hydrogen (secondary N) is 2. The Kier molecular flexibility index (Phi) is 6.56. The van der Waals surface area contributed by atoms with E-state index in [4.69, 9.17) is 9.47 Å². The molecule has 25 heavy (non-hydrogen) atoms. The molecule has 2 rings (SSSR count). The van der Waals surface area contributed by atoms with Crippen LogP contribution in [0.5, 0.6) is 11.5 Å². The molecule has 1 amide bonds. The van der Waals surface area contributed by atoms with Gasteiger partial charge in [0.25, 0.3) is 5.91 Å². The molecule has 0 saturated carbocycles. The Labute approximate surface area is 147 Å². The van der Waals surface area contributed by atoms with Gasteiger partial charge in [-0.1, -0.05) is 13.3 Å². The van der Waals surface area contributed by atoms with Gasteiger partial charge >= 0.3 is 0 Å². The van der Waals surface area contributed by atoms with Crippen molar-refractivity contribution in [1.82, 2.24) is 15.3 Å². The third kappa shape index (κ3) is 5.07. The lowest BCUT2D eigenvalue weighted by Gasteiger charge is -2.12. The van der Waals surface area contributed by atoms with Gasteiger partial charge < -0.3 is 20.1 Å². The van der Waals surface area contributed by atoms with E-state index in [0.717, 1.165) is 12.8 Å². The number of carbonyl (C=O) groups is 1. The van der Waals surface area contributed by atoms with Crippen molar-refractivity contribution in [2.45, 2.75) is 26.7 Å². The first-order valence-corrected chi connectivity index (χ1v) is 8.20. The number of aryl methyl sites for hydroxylation is 1. The summed E-state index contributed by atoms with van der Waals surface area (Å²) in [6, 6.07) is 7.04. The summed E-state index contributed by atoms with van der Waals surface area (Å²) in [4.78, 5) is 20.9. The van der Waals surface area contributed by atoms with Crippen molar-refractivity contribution in [2.24, 2.45) is 0 Å². The van der Waals surface area contributed by atoms with Crippen LogP contribution in [0.25, 0.3) is 0 Å². The van der Waals surface area contributed by atoms with E-state index in [0.29, 0.717) is 41.1 Å². The second-order valence-electron chi connectivity index (χ2n) is 5.52. The summed E-state index contributed by atoms with van der Waals surface area (Å²) in [7, 11) is 3.17. The average molecular weight is 344 g/mol. The van der Waals surface area contributed by atoms with Crippen molar-refractivity contribution in [3.63, 3.8) is 0 Å². The van der Waals surface area contributed by atoms with E-state index in [9.17, 15) is 4.79 Å². The minimum Gasteiger partial charge on any atom is -0.497 e. The summed E-state index contributed by atoms with van der Waals surface area (Å²) in [6.07, 6.45) is 1.96. The molecule has 134 valence electrons. The Morgan fingerprint density at radius 2 is 1.96 bits per heavy atom. The SMILES string of the molecule is CCCCNC(=O)c1cc(C)nc(Nc2ccc(OC)cc2OC)n1. The van der Waals surface area contributed by atoms with Crippen molar-refractivity contribution in [2.75, 3.05) is 26.1 Å². The summed E-state index contributed by atoms with van der Waals surface area (Å²) >= 11 is 0. The number of ether oxygens (including phenoxy) is 2. The maximum atomic E-state index is 12.2. The van der Waals surface area contributed by atoms with Gasteiger partial charge in [-0.25, -0.2) is 9.97 Å². The van der Waals surface area contributed by atoms with Crippen LogP contribution in [0, 0.1) is 6.92 Å². The molecule has 1 aromatic heterocycles. The van der Waals surface area contributed by atoms with Crippen LogP contribution in [-0.2, 0) is 0 Å². The normalized spacial score (nSPS) is 10.2. The quantitative estimate of drug-likeness (QED) is 0.716. The largest absolute Gasteiger partial charge is 0.497 e. The molecule has 0 bridgehead atoms. The molecule has 0 fully saturated rings. The van der Waals surface area contributed by atoms with E-state index < -0.39 is 0 Å². The summed E-state index contributed by atoms with van der Waals surface area (Å²) in [6.45, 7) is 4.53. The third-order valence-electron chi connectivity index (χ3n) is 3.56. The first-order chi connectivity index (χ1) is 12.1. The molecular weight excluding hydrogens is 320 g/mol. The number of nitrogens with zero attached hydrogens (tertiary/aromatic N) is 2. The Bertz CT molecular complexity index is 734. The number of hydrogen-bond donors (Lipinski definition) is 2. The number of hydrogen-bond acceptors (Lipinski definition) is 6. The van der Waals surface area contributed by atoms with Crippen LogP contribution in [0.4, 0.5) is 11.6 Å². The molecule has 0 spiro atoms. The Balaban J connectivity index is 2.21. The summed E-state index contributed by atoms with van der Waals surface area (Å²) in [5.74, 6) is 1.41. The van der Waals surface area contributed by atoms with Crippen LogP contribution in [0.3, 0.4) is 0 Å². The molecule has 0 aliphatic heterocycles. The van der Waals surface area contributed by atoms with Crippen molar-refractivity contribution in [1.29, 1.82) is 0 Å². The monoisotopic (exact) mass is 344 g/mol. The van der Waals surface area contributed by atoms with Crippen LogP contribution in [0.15, 0.2) is 24.3 Å². The summed E-state index contributed by atoms with van der Waals surface area (Å²) in [5.41, 5.74) is 1.72. The number of rotatable bonds is 8. The topological polar surface area (TPSA) is 85.4 Å². The highest BCUT2D eigenvalue weighted by atomic mass is 16.5. The third-order valence-corrected chi connectivity index (χ3v) is 3.56. The molecule has 1 aromatic carbocycles. The molecule has 7 nitrogen and oxygen atoms in total. The first-order valence-electron chi connectivity index (χ1n) is 8.20. The highest BCUT2D eigenvalue weighted by Crippen LogP contribution is 2.30. The molecule has 0 radical (unpaired) electrons.